The van der Waals surface area contributed by atoms with Crippen LogP contribution in [-0.4, -0.2) is 31.3 Å². The number of hydrogen-bond donors (Lipinski definition) is 1. The molecule has 100 valence electrons. The van der Waals surface area contributed by atoms with Crippen LogP contribution < -0.4 is 10.1 Å². The Balaban J connectivity index is 1.88. The lowest BCUT2D eigenvalue weighted by Crippen LogP contribution is -2.48. The summed E-state index contributed by atoms with van der Waals surface area (Å²) in [5.41, 5.74) is 0.112. The van der Waals surface area contributed by atoms with E-state index in [9.17, 15) is 4.79 Å². The van der Waals surface area contributed by atoms with E-state index >= 15 is 0 Å². The summed E-state index contributed by atoms with van der Waals surface area (Å²) >= 11 is 0. The molecule has 2 rings (SSSR count). The number of nitriles is 1. The van der Waals surface area contributed by atoms with Gasteiger partial charge in [0.15, 0.2) is 6.61 Å². The molecule has 1 heterocycles. The molecule has 1 N–H and O–H groups in total. The Morgan fingerprint density at radius 2 is 2.37 bits per heavy atom. The monoisotopic (exact) mass is 260 g/mol. The molecule has 5 heteroatoms. The number of carbonyl (C=O) groups excluding carboxylic acids is 1. The van der Waals surface area contributed by atoms with E-state index in [-0.39, 0.29) is 18.1 Å². The second-order valence-corrected chi connectivity index (χ2v) is 4.81. The SMILES string of the molecule is CC1(NC(=O)COc2ccccc2C#N)CCOC1. The third kappa shape index (κ3) is 3.46. The van der Waals surface area contributed by atoms with Gasteiger partial charge in [-0.2, -0.15) is 5.26 Å². The largest absolute Gasteiger partial charge is 0.482 e. The number of amides is 1. The average molecular weight is 260 g/mol. The number of carbonyl (C=O) groups is 1. The second-order valence-electron chi connectivity index (χ2n) is 4.81. The Kier molecular flexibility index (Phi) is 4.03. The highest BCUT2D eigenvalue weighted by atomic mass is 16.5. The summed E-state index contributed by atoms with van der Waals surface area (Å²) < 4.78 is 10.6. The fourth-order valence-electron chi connectivity index (χ4n) is 1.97. The molecule has 5 nitrogen and oxygen atoms in total. The molecule has 0 aromatic heterocycles. The Labute approximate surface area is 112 Å². The smallest absolute Gasteiger partial charge is 0.258 e. The van der Waals surface area contributed by atoms with E-state index in [4.69, 9.17) is 14.7 Å². The molecule has 1 unspecified atom stereocenters. The summed E-state index contributed by atoms with van der Waals surface area (Å²) in [6.45, 7) is 3.03. The van der Waals surface area contributed by atoms with Crippen LogP contribution in [0.2, 0.25) is 0 Å². The van der Waals surface area contributed by atoms with Crippen molar-refractivity contribution in [1.82, 2.24) is 5.32 Å². The third-order valence-corrected chi connectivity index (χ3v) is 3.03. The number of benzene rings is 1. The van der Waals surface area contributed by atoms with Crippen LogP contribution in [0.3, 0.4) is 0 Å². The van der Waals surface area contributed by atoms with Crippen molar-refractivity contribution in [1.29, 1.82) is 5.26 Å². The molecule has 0 bridgehead atoms. The minimum absolute atomic E-state index is 0.103. The maximum absolute atomic E-state index is 11.8. The number of nitrogens with one attached hydrogen (secondary N) is 1. The molecule has 1 atom stereocenters. The highest BCUT2D eigenvalue weighted by Gasteiger charge is 2.31. The van der Waals surface area contributed by atoms with Gasteiger partial charge in [-0.25, -0.2) is 0 Å². The molecule has 0 saturated carbocycles. The van der Waals surface area contributed by atoms with Crippen molar-refractivity contribution in [2.75, 3.05) is 19.8 Å². The van der Waals surface area contributed by atoms with Gasteiger partial charge in [0.05, 0.1) is 17.7 Å². The molecule has 1 aliphatic heterocycles. The van der Waals surface area contributed by atoms with Crippen molar-refractivity contribution in [2.24, 2.45) is 0 Å². The fraction of sp³-hybridized carbons (Fsp3) is 0.429. The highest BCUT2D eigenvalue weighted by Crippen LogP contribution is 2.18. The van der Waals surface area contributed by atoms with Crippen molar-refractivity contribution in [3.63, 3.8) is 0 Å². The van der Waals surface area contributed by atoms with Gasteiger partial charge in [-0.15, -0.1) is 0 Å². The first-order valence-corrected chi connectivity index (χ1v) is 6.14. The predicted octanol–water partition coefficient (Wildman–Crippen LogP) is 1.23. The van der Waals surface area contributed by atoms with E-state index in [1.165, 1.54) is 0 Å². The fourth-order valence-corrected chi connectivity index (χ4v) is 1.97. The second kappa shape index (κ2) is 5.72. The van der Waals surface area contributed by atoms with Crippen LogP contribution in [-0.2, 0) is 9.53 Å². The van der Waals surface area contributed by atoms with Crippen molar-refractivity contribution in [3.05, 3.63) is 29.8 Å². The average Bonchev–Trinajstić information content (AvgIpc) is 2.83. The molecule has 0 aliphatic carbocycles. The summed E-state index contributed by atoms with van der Waals surface area (Å²) in [7, 11) is 0. The molecule has 0 radical (unpaired) electrons. The van der Waals surface area contributed by atoms with E-state index in [0.29, 0.717) is 24.5 Å². The molecule has 1 aromatic rings. The summed E-state index contributed by atoms with van der Waals surface area (Å²) in [5.74, 6) is 0.216. The molecule has 0 spiro atoms. The molecule has 1 aromatic carbocycles. The Morgan fingerprint density at radius 3 is 3.05 bits per heavy atom. The van der Waals surface area contributed by atoms with Crippen LogP contribution in [0.4, 0.5) is 0 Å². The van der Waals surface area contributed by atoms with Gasteiger partial charge in [0.2, 0.25) is 0 Å². The first-order chi connectivity index (χ1) is 9.13. The van der Waals surface area contributed by atoms with Gasteiger partial charge in [0.25, 0.3) is 5.91 Å². The minimum Gasteiger partial charge on any atom is -0.482 e. The minimum atomic E-state index is -0.310. The van der Waals surface area contributed by atoms with Crippen LogP contribution in [0, 0.1) is 11.3 Å². The zero-order chi connectivity index (χ0) is 13.7. The molecule has 1 saturated heterocycles. The van der Waals surface area contributed by atoms with Gasteiger partial charge < -0.3 is 14.8 Å². The van der Waals surface area contributed by atoms with Gasteiger partial charge >= 0.3 is 0 Å². The van der Waals surface area contributed by atoms with Crippen molar-refractivity contribution < 1.29 is 14.3 Å². The Morgan fingerprint density at radius 1 is 1.58 bits per heavy atom. The predicted molar refractivity (Wildman–Crippen MR) is 68.6 cm³/mol. The first kappa shape index (κ1) is 13.4. The van der Waals surface area contributed by atoms with Gasteiger partial charge in [-0.3, -0.25) is 4.79 Å². The van der Waals surface area contributed by atoms with Crippen LogP contribution in [0.1, 0.15) is 18.9 Å². The number of para-hydroxylation sites is 1. The van der Waals surface area contributed by atoms with Crippen LogP contribution >= 0.6 is 0 Å². The van der Waals surface area contributed by atoms with Crippen molar-refractivity contribution in [3.8, 4) is 11.8 Å². The van der Waals surface area contributed by atoms with Gasteiger partial charge in [0, 0.05) is 6.61 Å². The van der Waals surface area contributed by atoms with Crippen molar-refractivity contribution in [2.45, 2.75) is 18.9 Å². The Hall–Kier alpha value is -2.06. The highest BCUT2D eigenvalue weighted by molar-refractivity contribution is 5.78. The molecule has 19 heavy (non-hydrogen) atoms. The lowest BCUT2D eigenvalue weighted by Gasteiger charge is -2.23. The molecular weight excluding hydrogens is 244 g/mol. The number of rotatable bonds is 4. The quantitative estimate of drug-likeness (QED) is 0.884. The maximum atomic E-state index is 11.8. The molecule has 1 aliphatic rings. The first-order valence-electron chi connectivity index (χ1n) is 6.14. The van der Waals surface area contributed by atoms with E-state index < -0.39 is 0 Å². The molecule has 1 amide bonds. The number of ether oxygens (including phenoxy) is 2. The van der Waals surface area contributed by atoms with Crippen LogP contribution in [0.15, 0.2) is 24.3 Å². The number of hydrogen-bond acceptors (Lipinski definition) is 4. The van der Waals surface area contributed by atoms with E-state index in [0.717, 1.165) is 6.42 Å². The zero-order valence-electron chi connectivity index (χ0n) is 10.8. The van der Waals surface area contributed by atoms with Gasteiger partial charge in [0.1, 0.15) is 11.8 Å². The topological polar surface area (TPSA) is 71.3 Å². The Bertz CT molecular complexity index is 502. The lowest BCUT2D eigenvalue weighted by atomic mass is 10.0. The molecular formula is C14H16N2O3. The summed E-state index contributed by atoms with van der Waals surface area (Å²) in [6.07, 6.45) is 0.799. The van der Waals surface area contributed by atoms with E-state index in [1.807, 2.05) is 13.0 Å². The van der Waals surface area contributed by atoms with E-state index in [2.05, 4.69) is 5.32 Å². The summed E-state index contributed by atoms with van der Waals surface area (Å²) in [5, 5.41) is 11.8. The molecule has 1 fully saturated rings. The maximum Gasteiger partial charge on any atom is 0.258 e. The standard InChI is InChI=1S/C14H16N2O3/c1-14(6-7-18-10-14)16-13(17)9-19-12-5-3-2-4-11(12)8-15/h2-5H,6-7,9-10H2,1H3,(H,16,17). The van der Waals surface area contributed by atoms with Gasteiger partial charge in [-0.1, -0.05) is 12.1 Å². The van der Waals surface area contributed by atoms with Crippen LogP contribution in [0.25, 0.3) is 0 Å². The third-order valence-electron chi connectivity index (χ3n) is 3.03. The zero-order valence-corrected chi connectivity index (χ0v) is 10.8. The number of nitrogens with zero attached hydrogens (tertiary/aromatic N) is 1. The summed E-state index contributed by atoms with van der Waals surface area (Å²) in [6, 6.07) is 8.86. The summed E-state index contributed by atoms with van der Waals surface area (Å²) in [4.78, 5) is 11.8. The lowest BCUT2D eigenvalue weighted by molar-refractivity contribution is -0.124. The van der Waals surface area contributed by atoms with Crippen molar-refractivity contribution >= 4 is 5.91 Å². The van der Waals surface area contributed by atoms with E-state index in [1.54, 1.807) is 24.3 Å². The van der Waals surface area contributed by atoms with Crippen LogP contribution in [0.5, 0.6) is 5.75 Å². The normalized spacial score (nSPS) is 21.7. The van der Waals surface area contributed by atoms with Gasteiger partial charge in [-0.05, 0) is 25.5 Å².